The Bertz CT molecular complexity index is 3320. The third-order valence-electron chi connectivity index (χ3n) is 13.4. The lowest BCUT2D eigenvalue weighted by Gasteiger charge is -2.28. The quantitative estimate of drug-likeness (QED) is 0.0178. The van der Waals surface area contributed by atoms with Gasteiger partial charge in [-0.3, -0.25) is 9.59 Å². The Kier molecular flexibility index (Phi) is 22.4. The van der Waals surface area contributed by atoms with Gasteiger partial charge in [0.2, 0.25) is 0 Å². The van der Waals surface area contributed by atoms with E-state index in [1.807, 2.05) is 53.7 Å². The first-order chi connectivity index (χ1) is 41.1. The molecule has 0 radical (unpaired) electrons. The molecule has 18 nitrogen and oxygen atoms in total. The topological polar surface area (TPSA) is 233 Å². The molecule has 2 heterocycles. The number of carbonyl (C=O) groups is 6. The van der Waals surface area contributed by atoms with E-state index >= 15 is 0 Å². The molecule has 0 N–H and O–H groups in total. The van der Waals surface area contributed by atoms with Crippen LogP contribution >= 0.6 is 47.0 Å². The maximum Gasteiger partial charge on any atom is 0.343 e. The minimum absolute atomic E-state index is 0.156. The molecule has 1 aliphatic carbocycles. The number of fused-ring (bicyclic) bond motifs is 2. The molecule has 0 spiro atoms. The number of unbranched alkanes of at least 4 members (excludes halogenated alkanes) is 2. The van der Waals surface area contributed by atoms with E-state index in [-0.39, 0.29) is 84.4 Å². The van der Waals surface area contributed by atoms with Gasteiger partial charge in [-0.25, -0.2) is 39.4 Å². The van der Waals surface area contributed by atoms with Crippen LogP contribution in [0.2, 0.25) is 0 Å². The maximum atomic E-state index is 14.3. The molecule has 0 amide bonds. The van der Waals surface area contributed by atoms with Crippen molar-refractivity contribution in [1.29, 1.82) is 10.5 Å². The molecular formula is C64H60N4O14S4. The summed E-state index contributed by atoms with van der Waals surface area (Å²) in [4.78, 5) is 87.3. The summed E-state index contributed by atoms with van der Waals surface area (Å²) in [6.07, 6.45) is 5.66. The van der Waals surface area contributed by atoms with Gasteiger partial charge in [-0.2, -0.15) is 0 Å². The number of hydrogen-bond donors (Lipinski definition) is 0. The van der Waals surface area contributed by atoms with Gasteiger partial charge in [0.05, 0.1) is 103 Å². The van der Waals surface area contributed by atoms with Crippen LogP contribution in [0.25, 0.3) is 9.69 Å². The van der Waals surface area contributed by atoms with Gasteiger partial charge < -0.3 is 37.9 Å². The summed E-state index contributed by atoms with van der Waals surface area (Å²) in [5.74, 6) is -3.04. The Balaban J connectivity index is 1.05. The highest BCUT2D eigenvalue weighted by molar-refractivity contribution is 8.25. The van der Waals surface area contributed by atoms with E-state index in [9.17, 15) is 39.3 Å². The number of rotatable bonds is 22. The Hall–Kier alpha value is -8.38. The number of ether oxygens (including phenoxy) is 8. The molecule has 0 saturated heterocycles. The second kappa shape index (κ2) is 29.6. The molecule has 1 saturated carbocycles. The van der Waals surface area contributed by atoms with Crippen LogP contribution < -0.4 is 28.4 Å². The second-order valence-electron chi connectivity index (χ2n) is 21.5. The van der Waals surface area contributed by atoms with Gasteiger partial charge in [-0.15, -0.1) is 0 Å². The van der Waals surface area contributed by atoms with Crippen molar-refractivity contribution in [1.82, 2.24) is 0 Å². The SMILES string of the molecule is [C-]#[N+]/C(C#N)=C1/Sc2c(OC(=O)C3CCC(C(=O)Oc4cc(C(C)(C)C)c(OC(=O)c5ccc(OCCCCOC(=O)C=C)cc5)c5c4S/C(=C(/C#N)[N+]#[C-])S5)CC3)cc(C(C)(C)C)c(OC(=O)c3ccc(OCCCCOC(=O)C=C)cc3)c2S1. The fraction of sp³-hybridized carbons (Fsp3) is 0.344. The second-order valence-corrected chi connectivity index (χ2v) is 26.1. The summed E-state index contributed by atoms with van der Waals surface area (Å²) in [7, 11) is 0. The molecule has 444 valence electrons. The van der Waals surface area contributed by atoms with E-state index in [4.69, 9.17) is 51.0 Å². The van der Waals surface area contributed by atoms with Crippen molar-refractivity contribution in [3.05, 3.63) is 151 Å². The van der Waals surface area contributed by atoms with E-state index < -0.39 is 58.5 Å². The average molecular weight is 1240 g/mol. The lowest BCUT2D eigenvalue weighted by Crippen LogP contribution is -2.30. The molecule has 7 rings (SSSR count). The van der Waals surface area contributed by atoms with E-state index in [1.54, 1.807) is 60.7 Å². The smallest absolute Gasteiger partial charge is 0.343 e. The number of carbonyl (C=O) groups excluding carboxylic acids is 6. The van der Waals surface area contributed by atoms with Crippen molar-refractivity contribution in [2.75, 3.05) is 26.4 Å². The molecule has 0 unspecified atom stereocenters. The third-order valence-corrected chi connectivity index (χ3v) is 18.5. The van der Waals surface area contributed by atoms with Gasteiger partial charge in [0.25, 0.3) is 11.4 Å². The fourth-order valence-electron chi connectivity index (χ4n) is 8.76. The zero-order valence-electron chi connectivity index (χ0n) is 48.1. The van der Waals surface area contributed by atoms with E-state index in [1.165, 1.54) is 0 Å². The first-order valence-corrected chi connectivity index (χ1v) is 30.5. The molecule has 0 atom stereocenters. The van der Waals surface area contributed by atoms with Gasteiger partial charge in [0, 0.05) is 23.3 Å². The van der Waals surface area contributed by atoms with Crippen LogP contribution in [0.1, 0.15) is 125 Å². The van der Waals surface area contributed by atoms with Crippen LogP contribution in [0.5, 0.6) is 34.5 Å². The number of nitriles is 2. The normalized spacial score (nSPS) is 16.2. The van der Waals surface area contributed by atoms with Gasteiger partial charge in [0.15, 0.2) is 0 Å². The summed E-state index contributed by atoms with van der Waals surface area (Å²) in [6, 6.07) is 20.0. The fourth-order valence-corrected chi connectivity index (χ4v) is 13.7. The van der Waals surface area contributed by atoms with Gasteiger partial charge in [-0.1, -0.05) is 102 Å². The minimum atomic E-state index is -0.692. The van der Waals surface area contributed by atoms with Crippen LogP contribution in [0.4, 0.5) is 0 Å². The summed E-state index contributed by atoms with van der Waals surface area (Å²) in [5, 5.41) is 19.8. The van der Waals surface area contributed by atoms with Crippen molar-refractivity contribution < 1.29 is 66.7 Å². The average Bonchev–Trinajstić information content (AvgIpc) is 1.92. The monoisotopic (exact) mass is 1240 g/mol. The Morgan fingerprint density at radius 1 is 0.547 bits per heavy atom. The highest BCUT2D eigenvalue weighted by atomic mass is 32.2. The van der Waals surface area contributed by atoms with Crippen molar-refractivity contribution >= 4 is 82.9 Å². The number of nitrogens with zero attached hydrogens (tertiary/aromatic N) is 4. The molecule has 0 aromatic heterocycles. The zero-order chi connectivity index (χ0) is 62.3. The molecule has 22 heteroatoms. The number of allylic oxidation sites excluding steroid dienone is 2. The van der Waals surface area contributed by atoms with Crippen molar-refractivity contribution in [3.63, 3.8) is 0 Å². The first-order valence-electron chi connectivity index (χ1n) is 27.2. The highest BCUT2D eigenvalue weighted by Crippen LogP contribution is 2.63. The van der Waals surface area contributed by atoms with E-state index in [0.717, 1.165) is 59.2 Å². The van der Waals surface area contributed by atoms with E-state index in [0.29, 0.717) is 89.6 Å². The summed E-state index contributed by atoms with van der Waals surface area (Å²) >= 11 is 4.28. The summed E-state index contributed by atoms with van der Waals surface area (Å²) in [5.41, 5.74) is -0.288. The number of thioether (sulfide) groups is 4. The predicted molar refractivity (Wildman–Crippen MR) is 323 cm³/mol. The molecule has 3 aliphatic rings. The van der Waals surface area contributed by atoms with Crippen molar-refractivity contribution in [2.24, 2.45) is 11.8 Å². The van der Waals surface area contributed by atoms with Crippen LogP contribution in [0.15, 0.2) is 125 Å². The number of esters is 6. The maximum absolute atomic E-state index is 14.3. The lowest BCUT2D eigenvalue weighted by molar-refractivity contribution is -0.145. The molecule has 0 bridgehead atoms. The first kappa shape index (κ1) is 65.2. The third kappa shape index (κ3) is 16.5. The number of hydrogen-bond acceptors (Lipinski definition) is 20. The number of benzene rings is 4. The van der Waals surface area contributed by atoms with Crippen LogP contribution in [0, 0.1) is 47.6 Å². The summed E-state index contributed by atoms with van der Waals surface area (Å²) in [6.45, 7) is 34.8. The van der Waals surface area contributed by atoms with Gasteiger partial charge >= 0.3 is 35.8 Å². The molecular weight excluding hydrogens is 1180 g/mol. The van der Waals surface area contributed by atoms with E-state index in [2.05, 4.69) is 22.8 Å². The Labute approximate surface area is 516 Å². The highest BCUT2D eigenvalue weighted by Gasteiger charge is 2.40. The minimum Gasteiger partial charge on any atom is -0.494 e. The predicted octanol–water partition coefficient (Wildman–Crippen LogP) is 14.4. The molecule has 4 aromatic rings. The van der Waals surface area contributed by atoms with Crippen LogP contribution in [-0.4, -0.2) is 62.2 Å². The van der Waals surface area contributed by atoms with Crippen LogP contribution in [0.3, 0.4) is 0 Å². The van der Waals surface area contributed by atoms with Crippen molar-refractivity contribution in [3.8, 4) is 46.6 Å². The standard InChI is InChI=1S/C64H60N4O14S4/c1-11-49(69)77-31-15-13-29-75-41-25-21-39(22-26-41)59(73)81-51-43(63(3,4)5)33-47(53-55(51)85-61(83-53)45(35-65)67-9)79-57(71)37-17-19-38(20-18-37)58(72)80-48-34-44(64(6,7)8)52(56-54(48)84-62(86-56)46(36-66)68-10)82-60(74)40-23-27-42(28-24-40)76-30-14-16-32-78-50(70)12-2/h11-12,21-28,33-34,37-38H,1-2,13-20,29-32H2,3-8H3/b61-45-,62-46+. The largest absolute Gasteiger partial charge is 0.494 e. The van der Waals surface area contributed by atoms with Gasteiger partial charge in [0.1, 0.15) is 34.5 Å². The van der Waals surface area contributed by atoms with Gasteiger partial charge in [-0.05, 0) is 123 Å². The molecule has 1 fully saturated rings. The molecule has 4 aromatic carbocycles. The lowest BCUT2D eigenvalue weighted by atomic mass is 9.82. The molecule has 2 aliphatic heterocycles. The Morgan fingerprint density at radius 2 is 0.884 bits per heavy atom. The zero-order valence-corrected chi connectivity index (χ0v) is 51.4. The molecule has 86 heavy (non-hydrogen) atoms. The van der Waals surface area contributed by atoms with Crippen LogP contribution in [-0.2, 0) is 39.5 Å². The summed E-state index contributed by atoms with van der Waals surface area (Å²) < 4.78 is 47.1. The van der Waals surface area contributed by atoms with Crippen molar-refractivity contribution in [2.45, 2.75) is 123 Å². The Morgan fingerprint density at radius 3 is 1.20 bits per heavy atom.